The Labute approximate surface area is 147 Å². The first kappa shape index (κ1) is 16.9. The van der Waals surface area contributed by atoms with Gasteiger partial charge < -0.3 is 0 Å². The minimum atomic E-state index is -3.70. The molecule has 0 saturated carbocycles. The Morgan fingerprint density at radius 3 is 1.84 bits per heavy atom. The molecule has 0 atom stereocenters. The second-order valence-corrected chi connectivity index (χ2v) is 6.89. The van der Waals surface area contributed by atoms with Gasteiger partial charge in [-0.2, -0.15) is 0 Å². The van der Waals surface area contributed by atoms with E-state index in [1.807, 2.05) is 60.7 Å². The highest BCUT2D eigenvalue weighted by molar-refractivity contribution is 7.89. The third kappa shape index (κ3) is 4.53. The summed E-state index contributed by atoms with van der Waals surface area (Å²) >= 11 is 0. The highest BCUT2D eigenvalue weighted by atomic mass is 32.2. The van der Waals surface area contributed by atoms with Crippen LogP contribution in [-0.2, 0) is 10.0 Å². The van der Waals surface area contributed by atoms with Gasteiger partial charge in [0.25, 0.3) is 10.0 Å². The van der Waals surface area contributed by atoms with Crippen LogP contribution >= 0.6 is 0 Å². The zero-order valence-electron chi connectivity index (χ0n) is 13.3. The van der Waals surface area contributed by atoms with Gasteiger partial charge in [-0.1, -0.05) is 66.7 Å². The van der Waals surface area contributed by atoms with E-state index in [0.29, 0.717) is 11.5 Å². The van der Waals surface area contributed by atoms with Gasteiger partial charge >= 0.3 is 0 Å². The maximum atomic E-state index is 12.4. The van der Waals surface area contributed by atoms with Crippen LogP contribution in [0.4, 0.5) is 5.69 Å². The van der Waals surface area contributed by atoms with E-state index < -0.39 is 10.0 Å². The predicted molar refractivity (Wildman–Crippen MR) is 99.0 cm³/mol. The lowest BCUT2D eigenvalue weighted by atomic mass is 10.2. The molecule has 0 aliphatic carbocycles. The monoisotopic (exact) mass is 351 g/mol. The average Bonchev–Trinajstić information content (AvgIpc) is 2.67. The molecular formula is C19H17N3O2S. The summed E-state index contributed by atoms with van der Waals surface area (Å²) in [6.45, 7) is 0. The number of hydrogen-bond acceptors (Lipinski definition) is 3. The summed E-state index contributed by atoms with van der Waals surface area (Å²) in [7, 11) is -3.70. The fourth-order valence-corrected chi connectivity index (χ4v) is 3.03. The molecule has 6 heteroatoms. The molecule has 126 valence electrons. The molecule has 0 aromatic heterocycles. The van der Waals surface area contributed by atoms with Crippen molar-refractivity contribution in [2.45, 2.75) is 4.90 Å². The summed E-state index contributed by atoms with van der Waals surface area (Å²) in [6.07, 6.45) is 0. The van der Waals surface area contributed by atoms with Gasteiger partial charge in [0.15, 0.2) is 0 Å². The van der Waals surface area contributed by atoms with E-state index in [-0.39, 0.29) is 4.90 Å². The first-order chi connectivity index (χ1) is 12.1. The van der Waals surface area contributed by atoms with Crippen molar-refractivity contribution < 1.29 is 8.42 Å². The molecule has 0 amide bonds. The Kier molecular flexibility index (Phi) is 5.23. The van der Waals surface area contributed by atoms with E-state index >= 15 is 0 Å². The van der Waals surface area contributed by atoms with Crippen molar-refractivity contribution in [3.63, 3.8) is 0 Å². The molecule has 0 saturated heterocycles. The van der Waals surface area contributed by atoms with E-state index in [9.17, 15) is 8.42 Å². The van der Waals surface area contributed by atoms with Gasteiger partial charge in [-0.3, -0.25) is 5.43 Å². The summed E-state index contributed by atoms with van der Waals surface area (Å²) < 4.78 is 24.8. The Morgan fingerprint density at radius 1 is 0.720 bits per heavy atom. The van der Waals surface area contributed by atoms with Crippen LogP contribution < -0.4 is 10.3 Å². The number of aliphatic imine (C=N–C) groups is 1. The fourth-order valence-electron chi connectivity index (χ4n) is 2.17. The third-order valence-electron chi connectivity index (χ3n) is 3.40. The van der Waals surface area contributed by atoms with Gasteiger partial charge in [0.2, 0.25) is 0 Å². The lowest BCUT2D eigenvalue weighted by molar-refractivity contribution is 0.577. The third-order valence-corrected chi connectivity index (χ3v) is 4.67. The van der Waals surface area contributed by atoms with E-state index in [1.54, 1.807) is 18.2 Å². The van der Waals surface area contributed by atoms with E-state index in [0.717, 1.165) is 5.56 Å². The van der Waals surface area contributed by atoms with Gasteiger partial charge in [-0.15, -0.1) is 4.83 Å². The molecule has 5 nitrogen and oxygen atoms in total. The number of hydrazine groups is 1. The summed E-state index contributed by atoms with van der Waals surface area (Å²) in [5.41, 5.74) is 4.22. The highest BCUT2D eigenvalue weighted by Crippen LogP contribution is 2.12. The molecule has 0 unspecified atom stereocenters. The van der Waals surface area contributed by atoms with Crippen molar-refractivity contribution in [1.82, 2.24) is 10.3 Å². The topological polar surface area (TPSA) is 70.6 Å². The van der Waals surface area contributed by atoms with Crippen LogP contribution in [0.2, 0.25) is 0 Å². The number of amidine groups is 1. The van der Waals surface area contributed by atoms with Crippen molar-refractivity contribution in [2.24, 2.45) is 4.99 Å². The van der Waals surface area contributed by atoms with Crippen molar-refractivity contribution >= 4 is 21.5 Å². The maximum Gasteiger partial charge on any atom is 0.257 e. The van der Waals surface area contributed by atoms with Crippen LogP contribution in [-0.4, -0.2) is 14.3 Å². The first-order valence-electron chi connectivity index (χ1n) is 7.67. The van der Waals surface area contributed by atoms with Gasteiger partial charge in [-0.05, 0) is 24.3 Å². The molecule has 0 heterocycles. The zero-order chi connectivity index (χ0) is 17.5. The molecule has 0 fully saturated rings. The molecule has 25 heavy (non-hydrogen) atoms. The molecule has 3 aromatic rings. The van der Waals surface area contributed by atoms with Crippen LogP contribution in [0.15, 0.2) is 101 Å². The van der Waals surface area contributed by atoms with Crippen LogP contribution in [0.5, 0.6) is 0 Å². The van der Waals surface area contributed by atoms with Gasteiger partial charge in [-0.25, -0.2) is 13.4 Å². The number of hydrogen-bond donors (Lipinski definition) is 2. The predicted octanol–water partition coefficient (Wildman–Crippen LogP) is 3.25. The minimum absolute atomic E-state index is 0.176. The smallest absolute Gasteiger partial charge is 0.257 e. The van der Waals surface area contributed by atoms with Crippen LogP contribution in [0, 0.1) is 0 Å². The normalized spacial score (nSPS) is 11.9. The van der Waals surface area contributed by atoms with E-state index in [2.05, 4.69) is 15.2 Å². The lowest BCUT2D eigenvalue weighted by Gasteiger charge is -2.12. The van der Waals surface area contributed by atoms with Crippen LogP contribution in [0.25, 0.3) is 0 Å². The van der Waals surface area contributed by atoms with Gasteiger partial charge in [0, 0.05) is 5.56 Å². The first-order valence-corrected chi connectivity index (χ1v) is 9.15. The van der Waals surface area contributed by atoms with Crippen molar-refractivity contribution in [1.29, 1.82) is 0 Å². The Bertz CT molecular complexity index is 942. The Hall–Kier alpha value is -2.96. The Morgan fingerprint density at radius 2 is 1.24 bits per heavy atom. The van der Waals surface area contributed by atoms with Crippen molar-refractivity contribution in [3.8, 4) is 0 Å². The second kappa shape index (κ2) is 7.74. The van der Waals surface area contributed by atoms with E-state index in [1.165, 1.54) is 12.1 Å². The number of sulfonamides is 1. The molecular weight excluding hydrogens is 334 g/mol. The number of benzene rings is 3. The van der Waals surface area contributed by atoms with Crippen LogP contribution in [0.3, 0.4) is 0 Å². The number of para-hydroxylation sites is 1. The molecule has 3 rings (SSSR count). The molecule has 0 bridgehead atoms. The van der Waals surface area contributed by atoms with Crippen molar-refractivity contribution in [2.75, 3.05) is 0 Å². The summed E-state index contributed by atoms with van der Waals surface area (Å²) in [5, 5.41) is 0. The van der Waals surface area contributed by atoms with Gasteiger partial charge in [0.1, 0.15) is 5.84 Å². The minimum Gasteiger partial charge on any atom is -0.291 e. The van der Waals surface area contributed by atoms with Crippen molar-refractivity contribution in [3.05, 3.63) is 96.6 Å². The molecule has 0 aliphatic heterocycles. The van der Waals surface area contributed by atoms with Gasteiger partial charge in [0.05, 0.1) is 10.6 Å². The lowest BCUT2D eigenvalue weighted by Crippen LogP contribution is -2.41. The van der Waals surface area contributed by atoms with Crippen LogP contribution in [0.1, 0.15) is 5.56 Å². The fraction of sp³-hybridized carbons (Fsp3) is 0. The number of nitrogens with one attached hydrogen (secondary N) is 2. The molecule has 3 aromatic carbocycles. The maximum absolute atomic E-state index is 12.4. The van der Waals surface area contributed by atoms with E-state index in [4.69, 9.17) is 0 Å². The quantitative estimate of drug-likeness (QED) is 0.421. The Balaban J connectivity index is 1.88. The average molecular weight is 351 g/mol. The zero-order valence-corrected chi connectivity index (χ0v) is 14.1. The number of rotatable bonds is 5. The molecule has 0 aliphatic rings. The molecule has 0 radical (unpaired) electrons. The number of nitrogens with zero attached hydrogens (tertiary/aromatic N) is 1. The summed E-state index contributed by atoms with van der Waals surface area (Å²) in [4.78, 5) is 7.07. The molecule has 2 N–H and O–H groups in total. The standard InChI is InChI=1S/C19H17N3O2S/c23-25(24,18-14-8-3-9-15-18)22-21-19(16-10-4-1-5-11-16)20-17-12-6-2-7-13-17/h1-15,22H,(H,20,21). The summed E-state index contributed by atoms with van der Waals surface area (Å²) in [6, 6.07) is 26.8. The second-order valence-electron chi connectivity index (χ2n) is 5.21. The summed E-state index contributed by atoms with van der Waals surface area (Å²) in [5.74, 6) is 0.409. The SMILES string of the molecule is O=S(=O)(NNC(=Nc1ccccc1)c1ccccc1)c1ccccc1. The largest absolute Gasteiger partial charge is 0.291 e. The molecule has 0 spiro atoms. The highest BCUT2D eigenvalue weighted by Gasteiger charge is 2.14.